The van der Waals surface area contributed by atoms with Crippen LogP contribution in [0.1, 0.15) is 82.8 Å². The molecule has 5 nitrogen and oxygen atoms in total. The second-order valence-electron chi connectivity index (χ2n) is 10.4. The quantitative estimate of drug-likeness (QED) is 0.358. The molecule has 1 saturated carbocycles. The molecule has 2 fully saturated rings. The van der Waals surface area contributed by atoms with E-state index < -0.39 is 0 Å². The molecule has 192 valence electrons. The number of benzene rings is 1. The molecule has 0 spiro atoms. The van der Waals surface area contributed by atoms with Gasteiger partial charge in [0.05, 0.1) is 6.10 Å². The van der Waals surface area contributed by atoms with Crippen molar-refractivity contribution < 1.29 is 14.3 Å². The summed E-state index contributed by atoms with van der Waals surface area (Å²) in [5.41, 5.74) is 1.23. The molecule has 0 bridgehead atoms. The molecule has 1 saturated heterocycles. The van der Waals surface area contributed by atoms with E-state index in [1.807, 2.05) is 14.0 Å². The highest BCUT2D eigenvalue weighted by Gasteiger charge is 2.32. The standard InChI is InChI=1S/C29H48N2O3/c1-3-33-18-11-19-34-29(26-14-8-5-9-15-26)27-16-10-17-31(23-27)28(32)21-25(22-30-2)20-24-12-6-4-7-13-24/h5,8-9,14-15,24-25,27,29-30H,3-4,6-7,10-13,16-23H2,1-2H3/t25-,27-,29+/m1/s1. The summed E-state index contributed by atoms with van der Waals surface area (Å²) in [5.74, 6) is 1.93. The van der Waals surface area contributed by atoms with E-state index in [4.69, 9.17) is 9.47 Å². The van der Waals surface area contributed by atoms with Crippen LogP contribution in [-0.2, 0) is 14.3 Å². The highest BCUT2D eigenvalue weighted by molar-refractivity contribution is 5.76. The zero-order chi connectivity index (χ0) is 24.0. The summed E-state index contributed by atoms with van der Waals surface area (Å²) in [6.45, 7) is 6.83. The van der Waals surface area contributed by atoms with Crippen LogP contribution in [0.3, 0.4) is 0 Å². The molecule has 1 aromatic carbocycles. The molecule has 1 aromatic rings. The van der Waals surface area contributed by atoms with Crippen molar-refractivity contribution in [3.8, 4) is 0 Å². The van der Waals surface area contributed by atoms with E-state index in [-0.39, 0.29) is 6.10 Å². The number of rotatable bonds is 14. The summed E-state index contributed by atoms with van der Waals surface area (Å²) < 4.78 is 11.9. The lowest BCUT2D eigenvalue weighted by Crippen LogP contribution is -2.43. The van der Waals surface area contributed by atoms with E-state index >= 15 is 0 Å². The molecule has 3 atom stereocenters. The zero-order valence-electron chi connectivity index (χ0n) is 21.7. The largest absolute Gasteiger partial charge is 0.382 e. The van der Waals surface area contributed by atoms with E-state index in [0.29, 0.717) is 30.8 Å². The van der Waals surface area contributed by atoms with Crippen LogP contribution in [0.4, 0.5) is 0 Å². The Morgan fingerprint density at radius 3 is 2.62 bits per heavy atom. The number of hydrogen-bond acceptors (Lipinski definition) is 4. The smallest absolute Gasteiger partial charge is 0.222 e. The number of carbonyl (C=O) groups excluding carboxylic acids is 1. The average molecular weight is 473 g/mol. The molecule has 0 radical (unpaired) electrons. The van der Waals surface area contributed by atoms with Crippen LogP contribution < -0.4 is 5.32 Å². The van der Waals surface area contributed by atoms with Gasteiger partial charge in [0, 0.05) is 45.2 Å². The number of piperidine rings is 1. The molecule has 3 rings (SSSR count). The molecule has 1 N–H and O–H groups in total. The van der Waals surface area contributed by atoms with Crippen LogP contribution in [0.15, 0.2) is 30.3 Å². The van der Waals surface area contributed by atoms with E-state index in [1.54, 1.807) is 0 Å². The van der Waals surface area contributed by atoms with Crippen molar-refractivity contribution in [3.63, 3.8) is 0 Å². The van der Waals surface area contributed by atoms with Crippen molar-refractivity contribution in [2.45, 2.75) is 77.2 Å². The SMILES string of the molecule is CCOCCCO[C@@H](c1ccccc1)[C@@H]1CCCN(C(=O)C[C@H](CNC)CC2CCCCC2)C1. The molecular formula is C29H48N2O3. The fraction of sp³-hybridized carbons (Fsp3) is 0.759. The molecule has 1 aliphatic carbocycles. The van der Waals surface area contributed by atoms with E-state index in [1.165, 1.54) is 44.1 Å². The van der Waals surface area contributed by atoms with Gasteiger partial charge in [0.25, 0.3) is 0 Å². The second kappa shape index (κ2) is 15.5. The van der Waals surface area contributed by atoms with Crippen molar-refractivity contribution in [2.75, 3.05) is 46.5 Å². The lowest BCUT2D eigenvalue weighted by molar-refractivity contribution is -0.135. The number of carbonyl (C=O) groups is 1. The summed E-state index contributed by atoms with van der Waals surface area (Å²) in [7, 11) is 2.02. The minimum Gasteiger partial charge on any atom is -0.382 e. The molecule has 1 amide bonds. The lowest BCUT2D eigenvalue weighted by atomic mass is 9.81. The van der Waals surface area contributed by atoms with Gasteiger partial charge < -0.3 is 19.7 Å². The summed E-state index contributed by atoms with van der Waals surface area (Å²) in [6.07, 6.45) is 11.8. The van der Waals surface area contributed by atoms with Gasteiger partial charge in [0.15, 0.2) is 0 Å². The van der Waals surface area contributed by atoms with Gasteiger partial charge in [-0.25, -0.2) is 0 Å². The first kappa shape index (κ1) is 27.2. The lowest BCUT2D eigenvalue weighted by Gasteiger charge is -2.38. The molecular weight excluding hydrogens is 424 g/mol. The summed E-state index contributed by atoms with van der Waals surface area (Å²) >= 11 is 0. The third-order valence-corrected chi connectivity index (χ3v) is 7.65. The number of nitrogens with zero attached hydrogens (tertiary/aromatic N) is 1. The van der Waals surface area contributed by atoms with Crippen LogP contribution in [0.2, 0.25) is 0 Å². The third-order valence-electron chi connectivity index (χ3n) is 7.65. The van der Waals surface area contributed by atoms with Crippen molar-refractivity contribution in [1.82, 2.24) is 10.2 Å². The van der Waals surface area contributed by atoms with Crippen LogP contribution in [0, 0.1) is 17.8 Å². The predicted molar refractivity (Wildman–Crippen MR) is 139 cm³/mol. The van der Waals surface area contributed by atoms with Gasteiger partial charge in [-0.05, 0) is 63.6 Å². The molecule has 34 heavy (non-hydrogen) atoms. The highest BCUT2D eigenvalue weighted by atomic mass is 16.5. The van der Waals surface area contributed by atoms with E-state index in [2.05, 4.69) is 40.5 Å². The molecule has 5 heteroatoms. The van der Waals surface area contributed by atoms with Crippen LogP contribution in [-0.4, -0.2) is 57.3 Å². The van der Waals surface area contributed by atoms with Crippen molar-refractivity contribution in [3.05, 3.63) is 35.9 Å². The number of likely N-dealkylation sites (tertiary alicyclic amines) is 1. The average Bonchev–Trinajstić information content (AvgIpc) is 2.87. The number of ether oxygens (including phenoxy) is 2. The highest BCUT2D eigenvalue weighted by Crippen LogP contribution is 2.34. The number of nitrogens with one attached hydrogen (secondary N) is 1. The summed E-state index contributed by atoms with van der Waals surface area (Å²) in [6, 6.07) is 10.6. The Morgan fingerprint density at radius 1 is 1.09 bits per heavy atom. The number of amides is 1. The topological polar surface area (TPSA) is 50.8 Å². The molecule has 0 aromatic heterocycles. The minimum atomic E-state index is 0.0359. The first-order valence-electron chi connectivity index (χ1n) is 13.9. The maximum Gasteiger partial charge on any atom is 0.222 e. The van der Waals surface area contributed by atoms with E-state index in [0.717, 1.165) is 58.0 Å². The Morgan fingerprint density at radius 2 is 1.88 bits per heavy atom. The van der Waals surface area contributed by atoms with Crippen molar-refractivity contribution in [2.24, 2.45) is 17.8 Å². The third kappa shape index (κ3) is 8.98. The van der Waals surface area contributed by atoms with Gasteiger partial charge in [-0.2, -0.15) is 0 Å². The minimum absolute atomic E-state index is 0.0359. The van der Waals surface area contributed by atoms with Gasteiger partial charge >= 0.3 is 0 Å². The van der Waals surface area contributed by atoms with E-state index in [9.17, 15) is 4.79 Å². The Balaban J connectivity index is 1.58. The Bertz CT molecular complexity index is 677. The second-order valence-corrected chi connectivity index (χ2v) is 10.4. The van der Waals surface area contributed by atoms with Gasteiger partial charge in [0.2, 0.25) is 5.91 Å². The predicted octanol–water partition coefficient (Wildman–Crippen LogP) is 5.61. The monoisotopic (exact) mass is 472 g/mol. The van der Waals surface area contributed by atoms with Crippen molar-refractivity contribution in [1.29, 1.82) is 0 Å². The first-order valence-corrected chi connectivity index (χ1v) is 13.9. The fourth-order valence-corrected chi connectivity index (χ4v) is 5.94. The first-order chi connectivity index (χ1) is 16.7. The summed E-state index contributed by atoms with van der Waals surface area (Å²) in [5, 5.41) is 3.35. The van der Waals surface area contributed by atoms with Gasteiger partial charge in [-0.15, -0.1) is 0 Å². The normalized spacial score (nSPS) is 21.4. The summed E-state index contributed by atoms with van der Waals surface area (Å²) in [4.78, 5) is 15.5. The van der Waals surface area contributed by atoms with Crippen LogP contribution >= 0.6 is 0 Å². The van der Waals surface area contributed by atoms with Crippen LogP contribution in [0.5, 0.6) is 0 Å². The molecule has 1 aliphatic heterocycles. The zero-order valence-corrected chi connectivity index (χ0v) is 21.7. The number of hydrogen-bond donors (Lipinski definition) is 1. The van der Waals surface area contributed by atoms with Gasteiger partial charge in [-0.1, -0.05) is 62.4 Å². The Hall–Kier alpha value is -1.43. The van der Waals surface area contributed by atoms with Crippen molar-refractivity contribution >= 4 is 5.91 Å². The Kier molecular flexibility index (Phi) is 12.4. The maximum atomic E-state index is 13.4. The molecule has 0 unspecified atom stereocenters. The van der Waals surface area contributed by atoms with Crippen LogP contribution in [0.25, 0.3) is 0 Å². The fourth-order valence-electron chi connectivity index (χ4n) is 5.94. The van der Waals surface area contributed by atoms with Gasteiger partial charge in [-0.3, -0.25) is 4.79 Å². The van der Waals surface area contributed by atoms with Gasteiger partial charge in [0.1, 0.15) is 0 Å². The molecule has 2 aliphatic rings. The Labute approximate surface area is 208 Å². The maximum absolute atomic E-state index is 13.4. The molecule has 1 heterocycles.